The van der Waals surface area contributed by atoms with Crippen LogP contribution in [0.25, 0.3) is 0 Å². The standard InChI is InChI=1S/C26H24F3N3O3S/c1-16(2)15-35-22-11-4-7-18(13-22)24(34)32-25(36)31-20-9-3-6-17(12-20)23(33)30-21-10-5-8-19(14-21)26(27,28)29/h3-14,16H,15H2,1-2H3,(H,30,33)(H2,31,32,34,36). The lowest BCUT2D eigenvalue weighted by molar-refractivity contribution is -0.137. The number of hydrogen-bond acceptors (Lipinski definition) is 4. The van der Waals surface area contributed by atoms with Gasteiger partial charge in [-0.05, 0) is 72.7 Å². The van der Waals surface area contributed by atoms with Crippen LogP contribution in [0.1, 0.15) is 40.1 Å². The molecule has 0 bridgehead atoms. The summed E-state index contributed by atoms with van der Waals surface area (Å²) >= 11 is 5.21. The highest BCUT2D eigenvalue weighted by Crippen LogP contribution is 2.30. The van der Waals surface area contributed by atoms with E-state index in [-0.39, 0.29) is 16.4 Å². The molecule has 0 saturated carbocycles. The zero-order chi connectivity index (χ0) is 26.3. The normalized spacial score (nSPS) is 11.1. The topological polar surface area (TPSA) is 79.5 Å². The number of thiocarbonyl (C=S) groups is 1. The molecule has 10 heteroatoms. The summed E-state index contributed by atoms with van der Waals surface area (Å²) < 4.78 is 44.4. The van der Waals surface area contributed by atoms with Crippen molar-refractivity contribution in [3.8, 4) is 5.75 Å². The number of carbonyl (C=O) groups excluding carboxylic acids is 2. The van der Waals surface area contributed by atoms with Gasteiger partial charge in [0.1, 0.15) is 5.75 Å². The first-order valence-electron chi connectivity index (χ1n) is 10.9. The van der Waals surface area contributed by atoms with Crippen LogP contribution in [-0.4, -0.2) is 23.5 Å². The molecular formula is C26H24F3N3O3S. The smallest absolute Gasteiger partial charge is 0.416 e. The molecule has 3 rings (SSSR count). The van der Waals surface area contributed by atoms with Crippen LogP contribution in [0, 0.1) is 5.92 Å². The summed E-state index contributed by atoms with van der Waals surface area (Å²) in [7, 11) is 0. The van der Waals surface area contributed by atoms with Gasteiger partial charge in [0.25, 0.3) is 11.8 Å². The van der Waals surface area contributed by atoms with E-state index in [1.807, 2.05) is 13.8 Å². The van der Waals surface area contributed by atoms with Gasteiger partial charge >= 0.3 is 6.18 Å². The summed E-state index contributed by atoms with van der Waals surface area (Å²) in [4.78, 5) is 25.1. The Morgan fingerprint density at radius 2 is 1.47 bits per heavy atom. The van der Waals surface area contributed by atoms with Gasteiger partial charge < -0.3 is 15.4 Å². The highest BCUT2D eigenvalue weighted by atomic mass is 32.1. The lowest BCUT2D eigenvalue weighted by atomic mass is 10.1. The predicted molar refractivity (Wildman–Crippen MR) is 136 cm³/mol. The molecule has 3 aromatic carbocycles. The van der Waals surface area contributed by atoms with E-state index < -0.39 is 23.6 Å². The van der Waals surface area contributed by atoms with Crippen molar-refractivity contribution in [3.63, 3.8) is 0 Å². The predicted octanol–water partition coefficient (Wildman–Crippen LogP) is 6.12. The van der Waals surface area contributed by atoms with E-state index in [1.54, 1.807) is 36.4 Å². The minimum atomic E-state index is -4.52. The molecule has 0 aliphatic carbocycles. The van der Waals surface area contributed by atoms with Crippen molar-refractivity contribution in [1.82, 2.24) is 5.32 Å². The average molecular weight is 516 g/mol. The average Bonchev–Trinajstić information content (AvgIpc) is 2.82. The van der Waals surface area contributed by atoms with Crippen molar-refractivity contribution in [1.29, 1.82) is 0 Å². The fourth-order valence-electron chi connectivity index (χ4n) is 3.04. The Morgan fingerprint density at radius 1 is 0.861 bits per heavy atom. The van der Waals surface area contributed by atoms with Gasteiger partial charge in [-0.2, -0.15) is 13.2 Å². The first kappa shape index (κ1) is 26.7. The van der Waals surface area contributed by atoms with Gasteiger partial charge in [-0.25, -0.2) is 0 Å². The summed E-state index contributed by atoms with van der Waals surface area (Å²) in [6, 6.07) is 17.2. The fraction of sp³-hybridized carbons (Fsp3) is 0.192. The van der Waals surface area contributed by atoms with E-state index >= 15 is 0 Å². The molecule has 0 aromatic heterocycles. The van der Waals surface area contributed by atoms with Crippen molar-refractivity contribution in [3.05, 3.63) is 89.5 Å². The molecule has 0 unspecified atom stereocenters. The molecule has 0 saturated heterocycles. The van der Waals surface area contributed by atoms with Crippen LogP contribution < -0.4 is 20.7 Å². The lowest BCUT2D eigenvalue weighted by Gasteiger charge is -2.13. The second-order valence-corrected chi connectivity index (χ2v) is 8.66. The summed E-state index contributed by atoms with van der Waals surface area (Å²) in [5.41, 5.74) is 0.0894. The maximum atomic E-state index is 12.9. The molecule has 0 aliphatic rings. The fourth-order valence-corrected chi connectivity index (χ4v) is 3.25. The summed E-state index contributed by atoms with van der Waals surface area (Å²) in [6.07, 6.45) is -4.52. The van der Waals surface area contributed by atoms with Crippen LogP contribution in [-0.2, 0) is 6.18 Å². The van der Waals surface area contributed by atoms with Crippen molar-refractivity contribution in [2.75, 3.05) is 17.2 Å². The molecule has 3 aromatic rings. The first-order chi connectivity index (χ1) is 17.0. The van der Waals surface area contributed by atoms with Gasteiger partial charge in [0.2, 0.25) is 0 Å². The second kappa shape index (κ2) is 11.7. The molecule has 36 heavy (non-hydrogen) atoms. The molecule has 0 heterocycles. The van der Waals surface area contributed by atoms with Crippen molar-refractivity contribution >= 4 is 40.5 Å². The number of anilines is 2. The number of carbonyl (C=O) groups is 2. The second-order valence-electron chi connectivity index (χ2n) is 8.25. The maximum Gasteiger partial charge on any atom is 0.416 e. The third-order valence-electron chi connectivity index (χ3n) is 4.74. The van der Waals surface area contributed by atoms with E-state index in [1.165, 1.54) is 24.3 Å². The largest absolute Gasteiger partial charge is 0.493 e. The molecule has 0 spiro atoms. The molecule has 0 radical (unpaired) electrons. The molecule has 0 fully saturated rings. The highest BCUT2D eigenvalue weighted by molar-refractivity contribution is 7.80. The van der Waals surface area contributed by atoms with Gasteiger partial charge in [0, 0.05) is 22.5 Å². The van der Waals surface area contributed by atoms with Gasteiger partial charge in [-0.1, -0.05) is 32.0 Å². The third-order valence-corrected chi connectivity index (χ3v) is 4.94. The van der Waals surface area contributed by atoms with E-state index in [0.29, 0.717) is 29.5 Å². The van der Waals surface area contributed by atoms with Gasteiger partial charge in [0.05, 0.1) is 12.2 Å². The molecule has 188 valence electrons. The number of nitrogens with one attached hydrogen (secondary N) is 3. The summed E-state index contributed by atoms with van der Waals surface area (Å²) in [5, 5.41) is 7.84. The molecule has 0 atom stereocenters. The van der Waals surface area contributed by atoms with Crippen molar-refractivity contribution < 1.29 is 27.5 Å². The Balaban J connectivity index is 1.61. The van der Waals surface area contributed by atoms with Gasteiger partial charge in [-0.3, -0.25) is 14.9 Å². The Labute approximate surface area is 211 Å². The summed E-state index contributed by atoms with van der Waals surface area (Å²) in [5.74, 6) is -0.149. The Hall–Kier alpha value is -3.92. The number of amides is 2. The zero-order valence-electron chi connectivity index (χ0n) is 19.5. The first-order valence-corrected chi connectivity index (χ1v) is 11.4. The number of benzene rings is 3. The van der Waals surface area contributed by atoms with Crippen LogP contribution in [0.3, 0.4) is 0 Å². The van der Waals surface area contributed by atoms with E-state index in [4.69, 9.17) is 17.0 Å². The lowest BCUT2D eigenvalue weighted by Crippen LogP contribution is -2.34. The number of hydrogen-bond donors (Lipinski definition) is 3. The van der Waals surface area contributed by atoms with Crippen LogP contribution >= 0.6 is 12.2 Å². The number of halogens is 3. The van der Waals surface area contributed by atoms with Gasteiger partial charge in [-0.15, -0.1) is 0 Å². The highest BCUT2D eigenvalue weighted by Gasteiger charge is 2.30. The van der Waals surface area contributed by atoms with E-state index in [9.17, 15) is 22.8 Å². The van der Waals surface area contributed by atoms with Crippen LogP contribution in [0.2, 0.25) is 0 Å². The zero-order valence-corrected chi connectivity index (χ0v) is 20.3. The number of alkyl halides is 3. The number of ether oxygens (including phenoxy) is 1. The van der Waals surface area contributed by atoms with Crippen LogP contribution in [0.4, 0.5) is 24.5 Å². The summed E-state index contributed by atoms with van der Waals surface area (Å²) in [6.45, 7) is 4.55. The Kier molecular flexibility index (Phi) is 8.65. The minimum absolute atomic E-state index is 0.00365. The van der Waals surface area contributed by atoms with Gasteiger partial charge in [0.15, 0.2) is 5.11 Å². The monoisotopic (exact) mass is 515 g/mol. The van der Waals surface area contributed by atoms with Crippen LogP contribution in [0.15, 0.2) is 72.8 Å². The quantitative estimate of drug-likeness (QED) is 0.331. The SMILES string of the molecule is CC(C)COc1cccc(C(=O)NC(=S)Nc2cccc(C(=O)Nc3cccc(C(F)(F)F)c3)c2)c1. The third kappa shape index (κ3) is 7.81. The van der Waals surface area contributed by atoms with Crippen LogP contribution in [0.5, 0.6) is 5.75 Å². The Bertz CT molecular complexity index is 1260. The maximum absolute atomic E-state index is 12.9. The van der Waals surface area contributed by atoms with E-state index in [0.717, 1.165) is 12.1 Å². The molecule has 0 aliphatic heterocycles. The van der Waals surface area contributed by atoms with Crippen molar-refractivity contribution in [2.45, 2.75) is 20.0 Å². The molecule has 2 amide bonds. The molecular weight excluding hydrogens is 491 g/mol. The molecule has 6 nitrogen and oxygen atoms in total. The minimum Gasteiger partial charge on any atom is -0.493 e. The van der Waals surface area contributed by atoms with E-state index in [2.05, 4.69) is 16.0 Å². The number of rotatable bonds is 7. The molecule has 3 N–H and O–H groups in total. The van der Waals surface area contributed by atoms with Crippen molar-refractivity contribution in [2.24, 2.45) is 5.92 Å². The Morgan fingerprint density at radius 3 is 2.14 bits per heavy atom.